The summed E-state index contributed by atoms with van der Waals surface area (Å²) in [7, 11) is 1.68. The molecule has 1 aliphatic rings. The lowest BCUT2D eigenvalue weighted by atomic mass is 9.90. The summed E-state index contributed by atoms with van der Waals surface area (Å²) in [5, 5.41) is 0.671. The average molecular weight is 371 g/mol. The highest BCUT2D eigenvalue weighted by Crippen LogP contribution is 2.36. The van der Waals surface area contributed by atoms with Gasteiger partial charge >= 0.3 is 0 Å². The molecule has 2 aromatic rings. The summed E-state index contributed by atoms with van der Waals surface area (Å²) in [5.74, 6) is 2.78. The number of amidine groups is 1. The van der Waals surface area contributed by atoms with Crippen molar-refractivity contribution in [3.05, 3.63) is 59.7 Å². The molecule has 2 aromatic carbocycles. The summed E-state index contributed by atoms with van der Waals surface area (Å²) in [6.45, 7) is 2.83. The van der Waals surface area contributed by atoms with Crippen molar-refractivity contribution in [3.8, 4) is 11.5 Å². The molecule has 2 N–H and O–H groups in total. The number of rotatable bonds is 7. The van der Waals surface area contributed by atoms with E-state index < -0.39 is 0 Å². The van der Waals surface area contributed by atoms with Crippen LogP contribution in [-0.2, 0) is 12.0 Å². The Morgan fingerprint density at radius 1 is 1.15 bits per heavy atom. The fourth-order valence-corrected chi connectivity index (χ4v) is 4.05. The number of benzene rings is 2. The van der Waals surface area contributed by atoms with E-state index in [0.29, 0.717) is 11.8 Å². The number of aliphatic imine (C=N–C) groups is 1. The Hall–Kier alpha value is -2.14. The monoisotopic (exact) mass is 370 g/mol. The van der Waals surface area contributed by atoms with Gasteiger partial charge < -0.3 is 15.2 Å². The van der Waals surface area contributed by atoms with Crippen molar-refractivity contribution < 1.29 is 9.47 Å². The summed E-state index contributed by atoms with van der Waals surface area (Å²) < 4.78 is 11.2. The molecule has 0 saturated carbocycles. The van der Waals surface area contributed by atoms with E-state index in [1.54, 1.807) is 18.9 Å². The molecular weight excluding hydrogens is 344 g/mol. The van der Waals surface area contributed by atoms with Crippen LogP contribution in [0.2, 0.25) is 0 Å². The molecule has 0 bridgehead atoms. The van der Waals surface area contributed by atoms with Gasteiger partial charge in [-0.1, -0.05) is 36.0 Å². The molecule has 0 radical (unpaired) electrons. The van der Waals surface area contributed by atoms with Crippen LogP contribution in [0.5, 0.6) is 11.5 Å². The predicted molar refractivity (Wildman–Crippen MR) is 109 cm³/mol. The molecule has 26 heavy (non-hydrogen) atoms. The molecule has 0 amide bonds. The maximum absolute atomic E-state index is 5.97. The van der Waals surface area contributed by atoms with E-state index in [1.165, 1.54) is 5.56 Å². The van der Waals surface area contributed by atoms with Gasteiger partial charge in [0.1, 0.15) is 11.5 Å². The number of hydrogen-bond acceptors (Lipinski definition) is 5. The minimum Gasteiger partial charge on any atom is -0.497 e. The Kier molecular flexibility index (Phi) is 6.09. The van der Waals surface area contributed by atoms with Crippen molar-refractivity contribution >= 4 is 16.9 Å². The minimum atomic E-state index is -0.252. The quantitative estimate of drug-likeness (QED) is 0.735. The number of aryl methyl sites for hydroxylation is 1. The van der Waals surface area contributed by atoms with Crippen molar-refractivity contribution in [2.75, 3.05) is 19.5 Å². The van der Waals surface area contributed by atoms with E-state index >= 15 is 0 Å². The summed E-state index contributed by atoms with van der Waals surface area (Å²) in [6, 6.07) is 16.4. The van der Waals surface area contributed by atoms with Crippen molar-refractivity contribution in [2.24, 2.45) is 10.7 Å². The van der Waals surface area contributed by atoms with Crippen LogP contribution in [0.3, 0.4) is 0 Å². The third kappa shape index (κ3) is 4.73. The molecule has 1 heterocycles. The molecule has 0 fully saturated rings. The van der Waals surface area contributed by atoms with Crippen LogP contribution in [0.25, 0.3) is 0 Å². The molecule has 0 saturated heterocycles. The van der Waals surface area contributed by atoms with Crippen LogP contribution >= 0.6 is 11.8 Å². The standard InChI is InChI=1S/C21H26N2O2S/c1-21(12-14-26-20(22)23-21)17-6-3-7-19(15-17)25-13-4-5-16-8-10-18(24-2)11-9-16/h3,6-11,15H,4-5,12-14H2,1-2H3,(H2,22,23). The average Bonchev–Trinajstić information content (AvgIpc) is 2.66. The third-order valence-corrected chi connectivity index (χ3v) is 5.48. The van der Waals surface area contributed by atoms with Gasteiger partial charge in [0.2, 0.25) is 0 Å². The first kappa shape index (κ1) is 18.6. The molecule has 1 aliphatic heterocycles. The summed E-state index contributed by atoms with van der Waals surface area (Å²) in [5.41, 5.74) is 8.13. The second-order valence-electron chi connectivity index (χ2n) is 6.65. The molecule has 138 valence electrons. The van der Waals surface area contributed by atoms with E-state index in [0.717, 1.165) is 42.1 Å². The van der Waals surface area contributed by atoms with E-state index in [4.69, 9.17) is 15.2 Å². The number of methoxy groups -OCH3 is 1. The fraction of sp³-hybridized carbons (Fsp3) is 0.381. The van der Waals surface area contributed by atoms with Crippen LogP contribution < -0.4 is 15.2 Å². The second kappa shape index (κ2) is 8.49. The highest BCUT2D eigenvalue weighted by atomic mass is 32.2. The number of thioether (sulfide) groups is 1. The van der Waals surface area contributed by atoms with Crippen LogP contribution in [0.15, 0.2) is 53.5 Å². The van der Waals surface area contributed by atoms with Crippen molar-refractivity contribution in [3.63, 3.8) is 0 Å². The molecule has 0 spiro atoms. The third-order valence-electron chi connectivity index (χ3n) is 4.69. The zero-order valence-electron chi connectivity index (χ0n) is 15.4. The van der Waals surface area contributed by atoms with Crippen LogP contribution in [0.1, 0.15) is 30.9 Å². The molecule has 0 aliphatic carbocycles. The maximum Gasteiger partial charge on any atom is 0.154 e. The highest BCUT2D eigenvalue weighted by molar-refractivity contribution is 8.13. The smallest absolute Gasteiger partial charge is 0.154 e. The van der Waals surface area contributed by atoms with Gasteiger partial charge in [0.25, 0.3) is 0 Å². The topological polar surface area (TPSA) is 56.8 Å². The van der Waals surface area contributed by atoms with Gasteiger partial charge in [0.05, 0.1) is 19.3 Å². The molecule has 1 atom stereocenters. The SMILES string of the molecule is COc1ccc(CCCOc2cccc(C3(C)CCSC(N)=N3)c2)cc1. The molecule has 1 unspecified atom stereocenters. The van der Waals surface area contributed by atoms with Crippen LogP contribution in [0, 0.1) is 0 Å². The van der Waals surface area contributed by atoms with E-state index in [1.807, 2.05) is 24.3 Å². The van der Waals surface area contributed by atoms with Gasteiger partial charge in [-0.25, -0.2) is 0 Å². The van der Waals surface area contributed by atoms with Crippen molar-refractivity contribution in [2.45, 2.75) is 31.7 Å². The first-order valence-electron chi connectivity index (χ1n) is 8.93. The molecule has 3 rings (SSSR count). The Morgan fingerprint density at radius 2 is 1.96 bits per heavy atom. The minimum absolute atomic E-state index is 0.252. The van der Waals surface area contributed by atoms with Crippen LogP contribution in [-0.4, -0.2) is 24.6 Å². The first-order chi connectivity index (χ1) is 12.6. The number of nitrogens with two attached hydrogens (primary N) is 1. The van der Waals surface area contributed by atoms with Crippen molar-refractivity contribution in [1.82, 2.24) is 0 Å². The zero-order chi connectivity index (χ0) is 18.4. The second-order valence-corrected chi connectivity index (χ2v) is 7.77. The van der Waals surface area contributed by atoms with Gasteiger partial charge in [-0.15, -0.1) is 0 Å². The number of ether oxygens (including phenoxy) is 2. The molecule has 4 nitrogen and oxygen atoms in total. The Morgan fingerprint density at radius 3 is 2.69 bits per heavy atom. The zero-order valence-corrected chi connectivity index (χ0v) is 16.2. The first-order valence-corrected chi connectivity index (χ1v) is 9.92. The molecule has 5 heteroatoms. The van der Waals surface area contributed by atoms with E-state index in [9.17, 15) is 0 Å². The lowest BCUT2D eigenvalue weighted by Gasteiger charge is -2.30. The van der Waals surface area contributed by atoms with Gasteiger partial charge in [-0.05, 0) is 61.6 Å². The summed E-state index contributed by atoms with van der Waals surface area (Å²) in [4.78, 5) is 4.67. The summed E-state index contributed by atoms with van der Waals surface area (Å²) >= 11 is 1.62. The normalized spacial score (nSPS) is 19.7. The van der Waals surface area contributed by atoms with Gasteiger partial charge in [-0.2, -0.15) is 0 Å². The van der Waals surface area contributed by atoms with Gasteiger partial charge in [0.15, 0.2) is 5.17 Å². The lowest BCUT2D eigenvalue weighted by Crippen LogP contribution is -2.28. The number of nitrogens with zero attached hydrogens (tertiary/aromatic N) is 1. The molecular formula is C21H26N2O2S. The van der Waals surface area contributed by atoms with E-state index in [2.05, 4.69) is 36.2 Å². The van der Waals surface area contributed by atoms with Crippen molar-refractivity contribution in [1.29, 1.82) is 0 Å². The van der Waals surface area contributed by atoms with Crippen LogP contribution in [0.4, 0.5) is 0 Å². The highest BCUT2D eigenvalue weighted by Gasteiger charge is 2.29. The number of hydrogen-bond donors (Lipinski definition) is 1. The largest absolute Gasteiger partial charge is 0.497 e. The van der Waals surface area contributed by atoms with E-state index in [-0.39, 0.29) is 5.54 Å². The predicted octanol–water partition coefficient (Wildman–Crippen LogP) is 4.37. The van der Waals surface area contributed by atoms with Gasteiger partial charge in [-0.3, -0.25) is 4.99 Å². The Bertz CT molecular complexity index is 761. The molecule has 0 aromatic heterocycles. The fourth-order valence-electron chi connectivity index (χ4n) is 3.07. The Labute approximate surface area is 159 Å². The maximum atomic E-state index is 5.97. The van der Waals surface area contributed by atoms with Gasteiger partial charge in [0, 0.05) is 5.75 Å². The lowest BCUT2D eigenvalue weighted by molar-refractivity contribution is 0.309. The summed E-state index contributed by atoms with van der Waals surface area (Å²) in [6.07, 6.45) is 2.94. The Balaban J connectivity index is 1.54.